The molecule has 0 aliphatic carbocycles. The number of carbonyl (C=O) groups is 2. The van der Waals surface area contributed by atoms with Gasteiger partial charge >= 0.3 is 12.2 Å². The Kier molecular flexibility index (Phi) is 7.40. The minimum Gasteiger partial charge on any atom is -0.443 e. The second-order valence-corrected chi connectivity index (χ2v) is 10.3. The molecule has 0 radical (unpaired) electrons. The van der Waals surface area contributed by atoms with E-state index in [1.807, 2.05) is 36.4 Å². The third-order valence-corrected chi connectivity index (χ3v) is 5.00. The highest BCUT2D eigenvalue weighted by atomic mass is 16.7. The summed E-state index contributed by atoms with van der Waals surface area (Å²) in [6.07, 6.45) is -3.38. The van der Waals surface area contributed by atoms with Gasteiger partial charge in [-0.3, -0.25) is 0 Å². The Hall–Kier alpha value is -3.59. The number of aliphatic hydroxyl groups is 1. The number of rotatable bonds is 4. The van der Waals surface area contributed by atoms with E-state index in [1.54, 1.807) is 65.8 Å². The number of hydrogen-bond donors (Lipinski definition) is 2. The zero-order valence-electron chi connectivity index (χ0n) is 20.9. The molecule has 2 amide bonds. The van der Waals surface area contributed by atoms with E-state index in [0.29, 0.717) is 5.56 Å². The average Bonchev–Trinajstić information content (AvgIpc) is 3.07. The van der Waals surface area contributed by atoms with Crippen molar-refractivity contribution < 1.29 is 29.0 Å². The van der Waals surface area contributed by atoms with E-state index >= 15 is 0 Å². The van der Waals surface area contributed by atoms with Crippen LogP contribution in [0.25, 0.3) is 0 Å². The lowest BCUT2D eigenvalue weighted by Gasteiger charge is -2.42. The van der Waals surface area contributed by atoms with Gasteiger partial charge in [-0.1, -0.05) is 65.8 Å². The van der Waals surface area contributed by atoms with Crippen molar-refractivity contribution in [1.29, 1.82) is 0 Å². The summed E-state index contributed by atoms with van der Waals surface area (Å²) < 4.78 is 11.1. The lowest BCUT2D eigenvalue weighted by Crippen LogP contribution is -2.69. The van der Waals surface area contributed by atoms with Crippen LogP contribution in [-0.2, 0) is 20.7 Å². The normalized spacial score (nSPS) is 19.9. The Balaban J connectivity index is 2.17. The summed E-state index contributed by atoms with van der Waals surface area (Å²) in [5.41, 5.74) is 0.703. The first-order chi connectivity index (χ1) is 16.3. The van der Waals surface area contributed by atoms with E-state index in [0.717, 1.165) is 10.6 Å². The number of oxime groups is 1. The zero-order valence-corrected chi connectivity index (χ0v) is 20.9. The Morgan fingerprint density at radius 2 is 1.51 bits per heavy atom. The summed E-state index contributed by atoms with van der Waals surface area (Å²) in [5, 5.41) is 16.3. The summed E-state index contributed by atoms with van der Waals surface area (Å²) in [5.74, 6) is 0. The van der Waals surface area contributed by atoms with Gasteiger partial charge in [0.15, 0.2) is 5.54 Å². The number of ether oxygens (including phenoxy) is 2. The van der Waals surface area contributed by atoms with E-state index in [2.05, 4.69) is 10.6 Å². The van der Waals surface area contributed by atoms with Crippen LogP contribution in [-0.4, -0.2) is 51.0 Å². The summed E-state index contributed by atoms with van der Waals surface area (Å²) in [6.45, 7) is 10.2. The molecule has 35 heavy (non-hydrogen) atoms. The first-order valence-electron chi connectivity index (χ1n) is 11.4. The van der Waals surface area contributed by atoms with Gasteiger partial charge in [0.1, 0.15) is 16.9 Å². The Labute approximate surface area is 205 Å². The Bertz CT molecular complexity index is 1060. The molecule has 0 spiro atoms. The Morgan fingerprint density at radius 1 is 0.971 bits per heavy atom. The van der Waals surface area contributed by atoms with E-state index < -0.39 is 35.2 Å². The SMILES string of the molecule is CC(C)(C)OC(=O)NN(C(=O)OC(C)(C)C)C1(Cc2ccccc2)C(c2ccccc2)=NOC1O. The van der Waals surface area contributed by atoms with Crippen molar-refractivity contribution in [2.24, 2.45) is 5.16 Å². The molecule has 0 aromatic heterocycles. The van der Waals surface area contributed by atoms with E-state index in [4.69, 9.17) is 14.3 Å². The van der Waals surface area contributed by atoms with Crippen LogP contribution in [0.15, 0.2) is 65.8 Å². The molecule has 9 nitrogen and oxygen atoms in total. The standard InChI is InChI=1S/C26H33N3O6/c1-24(2,3)33-22(31)27-29(23(32)34-25(4,5)6)26(17-18-13-9-7-10-14-18)20(28-35-21(26)30)19-15-11-8-12-16-19/h7-16,21,30H,17H2,1-6H3,(H,27,31). The molecule has 2 N–H and O–H groups in total. The molecule has 0 saturated carbocycles. The van der Waals surface area contributed by atoms with Crippen LogP contribution >= 0.6 is 0 Å². The number of hydrogen-bond acceptors (Lipinski definition) is 7. The minimum absolute atomic E-state index is 0.0533. The van der Waals surface area contributed by atoms with Crippen LogP contribution < -0.4 is 5.43 Å². The van der Waals surface area contributed by atoms with Crippen LogP contribution in [0.4, 0.5) is 9.59 Å². The van der Waals surface area contributed by atoms with Crippen molar-refractivity contribution in [2.75, 3.05) is 0 Å². The van der Waals surface area contributed by atoms with Gasteiger partial charge in [-0.05, 0) is 47.1 Å². The predicted molar refractivity (Wildman–Crippen MR) is 130 cm³/mol. The molecule has 3 rings (SSSR count). The number of hydrazine groups is 1. The first-order valence-corrected chi connectivity index (χ1v) is 11.4. The highest BCUT2D eigenvalue weighted by Crippen LogP contribution is 2.36. The van der Waals surface area contributed by atoms with E-state index in [-0.39, 0.29) is 12.1 Å². The first kappa shape index (κ1) is 26.0. The molecular weight excluding hydrogens is 450 g/mol. The van der Waals surface area contributed by atoms with Crippen LogP contribution in [0.1, 0.15) is 52.7 Å². The fourth-order valence-corrected chi connectivity index (χ4v) is 3.67. The fourth-order valence-electron chi connectivity index (χ4n) is 3.67. The third kappa shape index (κ3) is 6.30. The minimum atomic E-state index is -1.68. The fraction of sp³-hybridized carbons (Fsp3) is 0.423. The highest BCUT2D eigenvalue weighted by molar-refractivity contribution is 6.09. The van der Waals surface area contributed by atoms with Crippen molar-refractivity contribution >= 4 is 17.9 Å². The van der Waals surface area contributed by atoms with Gasteiger partial charge in [-0.2, -0.15) is 5.01 Å². The molecule has 0 bridgehead atoms. The van der Waals surface area contributed by atoms with Gasteiger partial charge in [0.2, 0.25) is 0 Å². The van der Waals surface area contributed by atoms with Crippen molar-refractivity contribution in [2.45, 2.75) is 71.0 Å². The zero-order chi connectivity index (χ0) is 25.9. The van der Waals surface area contributed by atoms with Gasteiger partial charge in [-0.15, -0.1) is 0 Å². The second-order valence-electron chi connectivity index (χ2n) is 10.3. The molecule has 2 aromatic carbocycles. The topological polar surface area (TPSA) is 110 Å². The molecule has 1 heterocycles. The van der Waals surface area contributed by atoms with Gasteiger partial charge in [0.05, 0.1) is 0 Å². The quantitative estimate of drug-likeness (QED) is 0.624. The van der Waals surface area contributed by atoms with Crippen molar-refractivity contribution in [3.05, 3.63) is 71.8 Å². The van der Waals surface area contributed by atoms with Crippen molar-refractivity contribution in [3.8, 4) is 0 Å². The van der Waals surface area contributed by atoms with Crippen LogP contribution in [0, 0.1) is 0 Å². The molecule has 2 unspecified atom stereocenters. The summed E-state index contributed by atoms with van der Waals surface area (Å²) in [7, 11) is 0. The summed E-state index contributed by atoms with van der Waals surface area (Å²) >= 11 is 0. The third-order valence-electron chi connectivity index (χ3n) is 5.00. The number of nitrogens with one attached hydrogen (secondary N) is 1. The van der Waals surface area contributed by atoms with Gasteiger partial charge < -0.3 is 19.4 Å². The Morgan fingerprint density at radius 3 is 2.06 bits per heavy atom. The second kappa shape index (κ2) is 9.95. The van der Waals surface area contributed by atoms with Crippen LogP contribution in [0.2, 0.25) is 0 Å². The number of carbonyl (C=O) groups excluding carboxylic acids is 2. The van der Waals surface area contributed by atoms with Crippen molar-refractivity contribution in [1.82, 2.24) is 10.4 Å². The molecule has 2 aromatic rings. The largest absolute Gasteiger partial charge is 0.443 e. The number of amides is 2. The number of benzene rings is 2. The average molecular weight is 484 g/mol. The lowest BCUT2D eigenvalue weighted by atomic mass is 9.82. The molecule has 1 aliphatic rings. The van der Waals surface area contributed by atoms with Gasteiger partial charge in [0, 0.05) is 12.0 Å². The monoisotopic (exact) mass is 483 g/mol. The molecule has 0 fully saturated rings. The van der Waals surface area contributed by atoms with Crippen molar-refractivity contribution in [3.63, 3.8) is 0 Å². The maximum absolute atomic E-state index is 13.6. The highest BCUT2D eigenvalue weighted by Gasteiger charge is 2.58. The van der Waals surface area contributed by atoms with Gasteiger partial charge in [-0.25, -0.2) is 15.0 Å². The number of nitrogens with zero attached hydrogens (tertiary/aromatic N) is 2. The molecule has 9 heteroatoms. The molecule has 2 atom stereocenters. The molecule has 188 valence electrons. The maximum Gasteiger partial charge on any atom is 0.430 e. The lowest BCUT2D eigenvalue weighted by molar-refractivity contribution is -0.148. The van der Waals surface area contributed by atoms with Crippen LogP contribution in [0.5, 0.6) is 0 Å². The van der Waals surface area contributed by atoms with Crippen LogP contribution in [0.3, 0.4) is 0 Å². The smallest absolute Gasteiger partial charge is 0.430 e. The molecular formula is C26H33N3O6. The predicted octanol–water partition coefficient (Wildman–Crippen LogP) is 4.40. The van der Waals surface area contributed by atoms with E-state index in [9.17, 15) is 14.7 Å². The molecule has 0 saturated heterocycles. The summed E-state index contributed by atoms with van der Waals surface area (Å²) in [6, 6.07) is 18.2. The number of aliphatic hydroxyl groups excluding tert-OH is 1. The van der Waals surface area contributed by atoms with E-state index in [1.165, 1.54) is 0 Å². The molecule has 1 aliphatic heterocycles. The summed E-state index contributed by atoms with van der Waals surface area (Å²) in [4.78, 5) is 31.8. The van der Waals surface area contributed by atoms with Gasteiger partial charge in [0.25, 0.3) is 6.29 Å². The maximum atomic E-state index is 13.6.